The van der Waals surface area contributed by atoms with Crippen LogP contribution in [0.15, 0.2) is 18.2 Å². The molecule has 0 fully saturated rings. The quantitative estimate of drug-likeness (QED) is 0.629. The highest BCUT2D eigenvalue weighted by Gasteiger charge is 2.16. The van der Waals surface area contributed by atoms with Crippen LogP contribution < -0.4 is 10.2 Å². The molecule has 0 bridgehead atoms. The second-order valence-corrected chi connectivity index (χ2v) is 3.76. The third-order valence-corrected chi connectivity index (χ3v) is 2.61. The van der Waals surface area contributed by atoms with Crippen LogP contribution in [0.2, 0.25) is 0 Å². The molecule has 1 aliphatic heterocycles. The number of Topliss-reactive ketones (excluding diaryl/α,β-unsaturated/α-hetero) is 1. The number of hydrogen-bond donors (Lipinski definition) is 1. The van der Waals surface area contributed by atoms with Crippen LogP contribution in [0.1, 0.15) is 28.8 Å². The van der Waals surface area contributed by atoms with Crippen LogP contribution >= 0.6 is 0 Å². The summed E-state index contributed by atoms with van der Waals surface area (Å²) >= 11 is 0. The first kappa shape index (κ1) is 11.6. The molecule has 0 aromatic heterocycles. The van der Waals surface area contributed by atoms with Crippen LogP contribution in [0.5, 0.6) is 5.75 Å². The third-order valence-electron chi connectivity index (χ3n) is 2.61. The van der Waals surface area contributed by atoms with E-state index < -0.39 is 0 Å². The molecule has 0 atom stereocenters. The molecular formula is C12H13NO4. The van der Waals surface area contributed by atoms with E-state index in [0.29, 0.717) is 17.9 Å². The zero-order valence-electron chi connectivity index (χ0n) is 9.49. The average Bonchev–Trinajstić information content (AvgIpc) is 2.82. The number of fused-ring (bicyclic) bond motifs is 1. The lowest BCUT2D eigenvalue weighted by Gasteiger charge is -2.02. The Hall–Kier alpha value is -1.88. The number of carbonyl (C=O) groups is 2. The number of ketones is 1. The van der Waals surface area contributed by atoms with Gasteiger partial charge in [-0.3, -0.25) is 9.59 Å². The predicted molar refractivity (Wildman–Crippen MR) is 59.5 cm³/mol. The van der Waals surface area contributed by atoms with Gasteiger partial charge in [-0.15, -0.1) is 0 Å². The highest BCUT2D eigenvalue weighted by molar-refractivity contribution is 5.98. The summed E-state index contributed by atoms with van der Waals surface area (Å²) in [5, 5.41) is 2.48. The van der Waals surface area contributed by atoms with E-state index >= 15 is 0 Å². The normalized spacial score (nSPS) is 12.8. The summed E-state index contributed by atoms with van der Waals surface area (Å²) in [7, 11) is 1.55. The van der Waals surface area contributed by atoms with Crippen molar-refractivity contribution < 1.29 is 19.4 Å². The van der Waals surface area contributed by atoms with Gasteiger partial charge in [0, 0.05) is 31.0 Å². The monoisotopic (exact) mass is 235 g/mol. The van der Waals surface area contributed by atoms with E-state index in [0.717, 1.165) is 5.56 Å². The maximum absolute atomic E-state index is 11.8. The molecule has 2 rings (SSSR count). The molecule has 17 heavy (non-hydrogen) atoms. The zero-order valence-corrected chi connectivity index (χ0v) is 9.49. The summed E-state index contributed by atoms with van der Waals surface area (Å²) in [6.45, 7) is 0.405. The van der Waals surface area contributed by atoms with Crippen molar-refractivity contribution in [3.05, 3.63) is 29.3 Å². The maximum Gasteiger partial charge on any atom is 0.220 e. The van der Waals surface area contributed by atoms with Gasteiger partial charge in [-0.1, -0.05) is 12.1 Å². The molecule has 1 aliphatic rings. The molecule has 1 heterocycles. The zero-order chi connectivity index (χ0) is 12.3. The van der Waals surface area contributed by atoms with E-state index in [1.807, 2.05) is 0 Å². The van der Waals surface area contributed by atoms with E-state index in [2.05, 4.69) is 5.32 Å². The Balaban J connectivity index is 2.02. The lowest BCUT2D eigenvalue weighted by Crippen LogP contribution is -2.18. The van der Waals surface area contributed by atoms with Crippen LogP contribution in [-0.4, -0.2) is 18.7 Å². The minimum absolute atomic E-state index is 0.0769. The molecule has 90 valence electrons. The summed E-state index contributed by atoms with van der Waals surface area (Å²) in [4.78, 5) is 32.5. The van der Waals surface area contributed by atoms with Crippen molar-refractivity contribution in [2.45, 2.75) is 19.4 Å². The van der Waals surface area contributed by atoms with Gasteiger partial charge in [-0.2, -0.15) is 4.89 Å². The number of benzene rings is 1. The fourth-order valence-electron chi connectivity index (χ4n) is 1.58. The molecular weight excluding hydrogens is 222 g/mol. The molecule has 5 nitrogen and oxygen atoms in total. The second-order valence-electron chi connectivity index (χ2n) is 3.76. The molecule has 0 saturated carbocycles. The van der Waals surface area contributed by atoms with Crippen molar-refractivity contribution >= 4 is 11.7 Å². The van der Waals surface area contributed by atoms with E-state index in [9.17, 15) is 9.59 Å². The van der Waals surface area contributed by atoms with Crippen molar-refractivity contribution in [2.75, 3.05) is 7.05 Å². The summed E-state index contributed by atoms with van der Waals surface area (Å²) in [5.74, 6) is 0.363. The smallest absolute Gasteiger partial charge is 0.220 e. The molecule has 5 heteroatoms. The van der Waals surface area contributed by atoms with Crippen molar-refractivity contribution in [3.8, 4) is 5.75 Å². The highest BCUT2D eigenvalue weighted by atomic mass is 17.2. The SMILES string of the molecule is CNC(=O)CCC(=O)c1ccc2c(c1)OOC2. The first-order valence-corrected chi connectivity index (χ1v) is 5.37. The standard InChI is InChI=1S/C12H13NO4/c1-13-12(15)5-4-10(14)8-2-3-9-7-16-17-11(9)6-8/h2-3,6H,4-5,7H2,1H3,(H,13,15). The van der Waals surface area contributed by atoms with Crippen LogP contribution in [0.4, 0.5) is 0 Å². The van der Waals surface area contributed by atoms with E-state index in [4.69, 9.17) is 9.78 Å². The third kappa shape index (κ3) is 2.62. The first-order chi connectivity index (χ1) is 8.20. The van der Waals surface area contributed by atoms with Gasteiger partial charge in [0.1, 0.15) is 6.61 Å². The molecule has 1 aromatic rings. The predicted octanol–water partition coefficient (Wildman–Crippen LogP) is 1.22. The minimum atomic E-state index is -0.140. The van der Waals surface area contributed by atoms with Crippen molar-refractivity contribution in [3.63, 3.8) is 0 Å². The van der Waals surface area contributed by atoms with Gasteiger partial charge >= 0.3 is 0 Å². The van der Waals surface area contributed by atoms with Gasteiger partial charge in [0.2, 0.25) is 5.91 Å². The molecule has 0 radical (unpaired) electrons. The van der Waals surface area contributed by atoms with Crippen LogP contribution in [0, 0.1) is 0 Å². The Labute approximate surface area is 98.6 Å². The molecule has 0 saturated heterocycles. The number of carbonyl (C=O) groups excluding carboxylic acids is 2. The topological polar surface area (TPSA) is 64.6 Å². The fraction of sp³-hybridized carbons (Fsp3) is 0.333. The Kier molecular flexibility index (Phi) is 3.39. The lowest BCUT2D eigenvalue weighted by molar-refractivity contribution is -0.194. The second kappa shape index (κ2) is 4.97. The van der Waals surface area contributed by atoms with Gasteiger partial charge in [-0.05, 0) is 6.07 Å². The number of rotatable bonds is 4. The Bertz CT molecular complexity index is 456. The van der Waals surface area contributed by atoms with Crippen molar-refractivity contribution in [2.24, 2.45) is 0 Å². The molecule has 0 unspecified atom stereocenters. The van der Waals surface area contributed by atoms with E-state index in [-0.39, 0.29) is 24.5 Å². The average molecular weight is 235 g/mol. The van der Waals surface area contributed by atoms with Crippen LogP contribution in [-0.2, 0) is 16.3 Å². The highest BCUT2D eigenvalue weighted by Crippen LogP contribution is 2.27. The minimum Gasteiger partial charge on any atom is -0.359 e. The molecule has 0 spiro atoms. The van der Waals surface area contributed by atoms with E-state index in [1.54, 1.807) is 25.2 Å². The fourth-order valence-corrected chi connectivity index (χ4v) is 1.58. The van der Waals surface area contributed by atoms with Gasteiger partial charge < -0.3 is 10.2 Å². The first-order valence-electron chi connectivity index (χ1n) is 5.37. The number of nitrogens with one attached hydrogen (secondary N) is 1. The van der Waals surface area contributed by atoms with E-state index in [1.165, 1.54) is 0 Å². The van der Waals surface area contributed by atoms with Crippen molar-refractivity contribution in [1.29, 1.82) is 0 Å². The molecule has 1 amide bonds. The van der Waals surface area contributed by atoms with Gasteiger partial charge in [0.05, 0.1) is 0 Å². The summed E-state index contributed by atoms with van der Waals surface area (Å²) < 4.78 is 0. The Morgan fingerprint density at radius 1 is 1.35 bits per heavy atom. The van der Waals surface area contributed by atoms with Gasteiger partial charge in [-0.25, -0.2) is 0 Å². The summed E-state index contributed by atoms with van der Waals surface area (Å²) in [5.41, 5.74) is 1.46. The van der Waals surface area contributed by atoms with Crippen LogP contribution in [0.25, 0.3) is 0 Å². The maximum atomic E-state index is 11.8. The van der Waals surface area contributed by atoms with Gasteiger partial charge in [0.25, 0.3) is 0 Å². The summed E-state index contributed by atoms with van der Waals surface area (Å²) in [6, 6.07) is 5.17. The molecule has 1 N–H and O–H groups in total. The lowest BCUT2D eigenvalue weighted by atomic mass is 10.0. The Morgan fingerprint density at radius 3 is 2.94 bits per heavy atom. The van der Waals surface area contributed by atoms with Crippen molar-refractivity contribution in [1.82, 2.24) is 5.32 Å². The van der Waals surface area contributed by atoms with Gasteiger partial charge in [0.15, 0.2) is 11.5 Å². The Morgan fingerprint density at radius 2 is 2.18 bits per heavy atom. The largest absolute Gasteiger partial charge is 0.359 e. The number of hydrogen-bond acceptors (Lipinski definition) is 4. The molecule has 1 aromatic carbocycles. The number of amides is 1. The summed E-state index contributed by atoms with van der Waals surface area (Å²) in [6.07, 6.45) is 0.392. The van der Waals surface area contributed by atoms with Crippen LogP contribution in [0.3, 0.4) is 0 Å². The molecule has 0 aliphatic carbocycles.